The molecule has 0 atom stereocenters. The summed E-state index contributed by atoms with van der Waals surface area (Å²) < 4.78 is 3.79. The zero-order valence-corrected chi connectivity index (χ0v) is 14.7. The van der Waals surface area contributed by atoms with Crippen molar-refractivity contribution in [1.82, 2.24) is 24.1 Å². The Balaban J connectivity index is 1.74. The van der Waals surface area contributed by atoms with Crippen molar-refractivity contribution < 1.29 is 0 Å². The molecule has 0 unspecified atom stereocenters. The number of fused-ring (bicyclic) bond motifs is 3. The summed E-state index contributed by atoms with van der Waals surface area (Å²) in [5.41, 5.74) is 5.57. The zero-order chi connectivity index (χ0) is 17.7. The van der Waals surface area contributed by atoms with Crippen molar-refractivity contribution in [2.45, 2.75) is 0 Å². The van der Waals surface area contributed by atoms with E-state index in [0.717, 1.165) is 38.9 Å². The summed E-state index contributed by atoms with van der Waals surface area (Å²) in [4.78, 5) is 9.43. The van der Waals surface area contributed by atoms with Gasteiger partial charge in [-0.15, -0.1) is 0 Å². The molecule has 0 fully saturated rings. The Morgan fingerprint density at radius 1 is 1.00 bits per heavy atom. The lowest BCUT2D eigenvalue weighted by Crippen LogP contribution is -1.88. The van der Waals surface area contributed by atoms with Gasteiger partial charge in [-0.25, -0.2) is 4.98 Å². The van der Waals surface area contributed by atoms with E-state index in [1.54, 1.807) is 4.68 Å². The largest absolute Gasteiger partial charge is 0.306 e. The molecule has 0 amide bonds. The number of aryl methyl sites for hydroxylation is 1. The molecule has 5 rings (SSSR count). The summed E-state index contributed by atoms with van der Waals surface area (Å²) in [6, 6.07) is 11.8. The number of pyridine rings is 2. The maximum Gasteiger partial charge on any atom is 0.146 e. The summed E-state index contributed by atoms with van der Waals surface area (Å²) in [7, 11) is 1.90. The molecule has 126 valence electrons. The maximum absolute atomic E-state index is 6.34. The third kappa shape index (κ3) is 2.36. The average molecular weight is 360 g/mol. The van der Waals surface area contributed by atoms with Gasteiger partial charge in [-0.3, -0.25) is 9.67 Å². The molecule has 5 aromatic rings. The molecule has 0 aliphatic carbocycles. The Labute approximate surface area is 154 Å². The molecular formula is C20H14ClN5. The van der Waals surface area contributed by atoms with Crippen LogP contribution < -0.4 is 0 Å². The van der Waals surface area contributed by atoms with Crippen LogP contribution in [0.2, 0.25) is 5.02 Å². The topological polar surface area (TPSA) is 48.0 Å². The first-order chi connectivity index (χ1) is 12.7. The van der Waals surface area contributed by atoms with Crippen LogP contribution in [-0.4, -0.2) is 24.1 Å². The molecule has 0 aliphatic rings. The highest BCUT2D eigenvalue weighted by molar-refractivity contribution is 6.33. The van der Waals surface area contributed by atoms with E-state index in [2.05, 4.69) is 16.1 Å². The number of imidazole rings is 1. The first-order valence-corrected chi connectivity index (χ1v) is 8.58. The van der Waals surface area contributed by atoms with E-state index in [1.807, 2.05) is 72.8 Å². The van der Waals surface area contributed by atoms with E-state index in [0.29, 0.717) is 5.02 Å². The molecule has 0 saturated heterocycles. The van der Waals surface area contributed by atoms with Gasteiger partial charge in [-0.1, -0.05) is 29.8 Å². The van der Waals surface area contributed by atoms with Crippen molar-refractivity contribution in [3.63, 3.8) is 0 Å². The normalized spacial score (nSPS) is 11.5. The van der Waals surface area contributed by atoms with Crippen LogP contribution in [0.4, 0.5) is 0 Å². The molecule has 0 spiro atoms. The number of aromatic nitrogens is 5. The molecule has 0 saturated carbocycles. The number of hydrogen-bond acceptors (Lipinski definition) is 3. The summed E-state index contributed by atoms with van der Waals surface area (Å²) in [5, 5.41) is 5.92. The minimum absolute atomic E-state index is 0.689. The van der Waals surface area contributed by atoms with E-state index in [4.69, 9.17) is 16.6 Å². The fourth-order valence-electron chi connectivity index (χ4n) is 3.17. The molecule has 4 aromatic heterocycles. The molecule has 5 nitrogen and oxygen atoms in total. The van der Waals surface area contributed by atoms with Gasteiger partial charge in [-0.05, 0) is 18.2 Å². The van der Waals surface area contributed by atoms with Crippen LogP contribution in [0.15, 0.2) is 67.4 Å². The Bertz CT molecular complexity index is 1270. The van der Waals surface area contributed by atoms with Gasteiger partial charge in [0.2, 0.25) is 0 Å². The van der Waals surface area contributed by atoms with Crippen molar-refractivity contribution in [2.24, 2.45) is 7.05 Å². The lowest BCUT2D eigenvalue weighted by atomic mass is 10.1. The second-order valence-electron chi connectivity index (χ2n) is 6.21. The van der Waals surface area contributed by atoms with Gasteiger partial charge in [0.1, 0.15) is 5.65 Å². The Morgan fingerprint density at radius 3 is 2.69 bits per heavy atom. The van der Waals surface area contributed by atoms with E-state index in [1.165, 1.54) is 0 Å². The second kappa shape index (κ2) is 5.68. The molecular weight excluding hydrogens is 346 g/mol. The van der Waals surface area contributed by atoms with Gasteiger partial charge in [0.05, 0.1) is 22.4 Å². The van der Waals surface area contributed by atoms with Gasteiger partial charge >= 0.3 is 0 Å². The van der Waals surface area contributed by atoms with Gasteiger partial charge < -0.3 is 4.40 Å². The Kier molecular flexibility index (Phi) is 3.30. The van der Waals surface area contributed by atoms with Crippen molar-refractivity contribution >= 4 is 28.2 Å². The van der Waals surface area contributed by atoms with Crippen LogP contribution in [0.3, 0.4) is 0 Å². The number of halogens is 1. The number of rotatable bonds is 2. The van der Waals surface area contributed by atoms with Crippen LogP contribution in [0.25, 0.3) is 38.9 Å². The highest BCUT2D eigenvalue weighted by atomic mass is 35.5. The van der Waals surface area contributed by atoms with Crippen LogP contribution in [0.5, 0.6) is 0 Å². The number of nitrogens with zero attached hydrogens (tertiary/aromatic N) is 5. The number of hydrogen-bond donors (Lipinski definition) is 0. The SMILES string of the molecule is Cn1cc(-c2cnc3ccn4cc(-c5ccccc5Cl)nc4c3c2)cn1. The van der Waals surface area contributed by atoms with E-state index >= 15 is 0 Å². The fourth-order valence-corrected chi connectivity index (χ4v) is 3.40. The molecule has 0 radical (unpaired) electrons. The fraction of sp³-hybridized carbons (Fsp3) is 0.0500. The van der Waals surface area contributed by atoms with E-state index in [9.17, 15) is 0 Å². The van der Waals surface area contributed by atoms with E-state index < -0.39 is 0 Å². The van der Waals surface area contributed by atoms with Crippen LogP contribution in [0, 0.1) is 0 Å². The second-order valence-corrected chi connectivity index (χ2v) is 6.62. The van der Waals surface area contributed by atoms with Crippen molar-refractivity contribution in [1.29, 1.82) is 0 Å². The minimum Gasteiger partial charge on any atom is -0.306 e. The van der Waals surface area contributed by atoms with Crippen molar-refractivity contribution in [3.05, 3.63) is 72.4 Å². The average Bonchev–Trinajstić information content (AvgIpc) is 3.28. The van der Waals surface area contributed by atoms with E-state index in [-0.39, 0.29) is 0 Å². The summed E-state index contributed by atoms with van der Waals surface area (Å²) in [5.74, 6) is 0. The van der Waals surface area contributed by atoms with Gasteiger partial charge in [0.15, 0.2) is 0 Å². The highest BCUT2D eigenvalue weighted by Gasteiger charge is 2.11. The Morgan fingerprint density at radius 2 is 1.88 bits per heavy atom. The predicted molar refractivity (Wildman–Crippen MR) is 103 cm³/mol. The lowest BCUT2D eigenvalue weighted by molar-refractivity contribution is 0.768. The summed E-state index contributed by atoms with van der Waals surface area (Å²) >= 11 is 6.34. The van der Waals surface area contributed by atoms with Crippen molar-refractivity contribution in [2.75, 3.05) is 0 Å². The van der Waals surface area contributed by atoms with Gasteiger partial charge in [-0.2, -0.15) is 5.10 Å². The molecule has 0 N–H and O–H groups in total. The summed E-state index contributed by atoms with van der Waals surface area (Å²) in [6.45, 7) is 0. The third-order valence-electron chi connectivity index (χ3n) is 4.47. The zero-order valence-electron chi connectivity index (χ0n) is 14.0. The van der Waals surface area contributed by atoms with Crippen LogP contribution >= 0.6 is 11.6 Å². The minimum atomic E-state index is 0.689. The Hall–Kier alpha value is -3.18. The quantitative estimate of drug-likeness (QED) is 0.462. The smallest absolute Gasteiger partial charge is 0.146 e. The standard InChI is InChI=1S/C20H14ClN5/c1-25-11-14(10-23-25)13-8-16-18(22-9-13)6-7-26-12-19(24-20(16)26)15-4-2-3-5-17(15)21/h2-12H,1H3. The molecule has 4 heterocycles. The first-order valence-electron chi connectivity index (χ1n) is 8.20. The molecule has 1 aromatic carbocycles. The van der Waals surface area contributed by atoms with Gasteiger partial charge in [0.25, 0.3) is 0 Å². The maximum atomic E-state index is 6.34. The number of benzene rings is 1. The molecule has 0 bridgehead atoms. The molecule has 26 heavy (non-hydrogen) atoms. The van der Waals surface area contributed by atoms with Crippen LogP contribution in [0.1, 0.15) is 0 Å². The molecule has 0 aliphatic heterocycles. The predicted octanol–water partition coefficient (Wildman–Crippen LogP) is 4.60. The van der Waals surface area contributed by atoms with Crippen LogP contribution in [-0.2, 0) is 7.05 Å². The first kappa shape index (κ1) is 15.1. The lowest BCUT2D eigenvalue weighted by Gasteiger charge is -2.02. The monoisotopic (exact) mass is 359 g/mol. The highest BCUT2D eigenvalue weighted by Crippen LogP contribution is 2.30. The summed E-state index contributed by atoms with van der Waals surface area (Å²) in [6.07, 6.45) is 9.65. The van der Waals surface area contributed by atoms with Gasteiger partial charge in [0, 0.05) is 53.9 Å². The third-order valence-corrected chi connectivity index (χ3v) is 4.80. The van der Waals surface area contributed by atoms with Crippen molar-refractivity contribution in [3.8, 4) is 22.4 Å². The molecule has 6 heteroatoms.